The molecule has 5 nitrogen and oxygen atoms in total. The average molecular weight is 527 g/mol. The second-order valence-electron chi connectivity index (χ2n) is 9.20. The summed E-state index contributed by atoms with van der Waals surface area (Å²) in [5, 5.41) is 1.28. The molecule has 1 aliphatic heterocycles. The van der Waals surface area contributed by atoms with E-state index in [1.807, 2.05) is 30.3 Å². The molecule has 0 N–H and O–H groups in total. The van der Waals surface area contributed by atoms with Crippen LogP contribution < -0.4 is 4.74 Å². The Hall–Kier alpha value is -2.64. The van der Waals surface area contributed by atoms with E-state index in [1.165, 1.54) is 6.07 Å². The molecule has 0 unspecified atom stereocenters. The summed E-state index contributed by atoms with van der Waals surface area (Å²) in [5.74, 6) is 1.50. The highest BCUT2D eigenvalue weighted by atomic mass is 35.5. The van der Waals surface area contributed by atoms with E-state index < -0.39 is 0 Å². The van der Waals surface area contributed by atoms with Crippen LogP contribution in [0.4, 0.5) is 4.39 Å². The van der Waals surface area contributed by atoms with Gasteiger partial charge in [-0.2, -0.15) is 0 Å². The van der Waals surface area contributed by atoms with E-state index >= 15 is 0 Å². The monoisotopic (exact) mass is 526 g/mol. The standard InChI is InChI=1S/C28H29Cl2FN4O/c1-36-23-9-10-25(31)21(15-23)17-33-11-4-12-34(14-13-33)19-28-32-26-5-2-3-6-27(26)35(28)18-20-7-8-22(29)16-24(20)30/h2-3,5-10,15-16H,4,11-14,17-19H2,1H3. The molecule has 4 aromatic rings. The van der Waals surface area contributed by atoms with Gasteiger partial charge in [0.05, 0.1) is 31.2 Å². The molecule has 1 fully saturated rings. The van der Waals surface area contributed by atoms with Crippen LogP contribution in [0.15, 0.2) is 60.7 Å². The van der Waals surface area contributed by atoms with Crippen LogP contribution in [0.1, 0.15) is 23.4 Å². The largest absolute Gasteiger partial charge is 0.497 e. The third-order valence-corrected chi connectivity index (χ3v) is 7.36. The van der Waals surface area contributed by atoms with Crippen molar-refractivity contribution in [3.05, 3.63) is 93.5 Å². The van der Waals surface area contributed by atoms with E-state index in [0.717, 1.165) is 61.6 Å². The summed E-state index contributed by atoms with van der Waals surface area (Å²) >= 11 is 12.6. The van der Waals surface area contributed by atoms with Crippen molar-refractivity contribution >= 4 is 34.2 Å². The number of fused-ring (bicyclic) bond motifs is 1. The summed E-state index contributed by atoms with van der Waals surface area (Å²) < 4.78 is 21.9. The first-order valence-corrected chi connectivity index (χ1v) is 12.9. The van der Waals surface area contributed by atoms with Gasteiger partial charge >= 0.3 is 0 Å². The fourth-order valence-corrected chi connectivity index (χ4v) is 5.29. The highest BCUT2D eigenvalue weighted by molar-refractivity contribution is 6.35. The molecule has 0 atom stereocenters. The highest BCUT2D eigenvalue weighted by Gasteiger charge is 2.20. The minimum Gasteiger partial charge on any atom is -0.497 e. The molecule has 0 spiro atoms. The van der Waals surface area contributed by atoms with Crippen LogP contribution in [-0.4, -0.2) is 52.6 Å². The van der Waals surface area contributed by atoms with Crippen LogP contribution in [0.5, 0.6) is 5.75 Å². The van der Waals surface area contributed by atoms with E-state index in [9.17, 15) is 4.39 Å². The molecular formula is C28H29Cl2FN4O. The van der Waals surface area contributed by atoms with Crippen LogP contribution in [-0.2, 0) is 19.6 Å². The zero-order valence-electron chi connectivity index (χ0n) is 20.3. The van der Waals surface area contributed by atoms with Crippen molar-refractivity contribution in [2.75, 3.05) is 33.3 Å². The zero-order valence-corrected chi connectivity index (χ0v) is 21.8. The van der Waals surface area contributed by atoms with Gasteiger partial charge in [0.2, 0.25) is 0 Å². The Balaban J connectivity index is 1.32. The maximum atomic E-state index is 14.4. The molecule has 0 radical (unpaired) electrons. The molecule has 1 aliphatic rings. The van der Waals surface area contributed by atoms with Gasteiger partial charge in [0, 0.05) is 35.2 Å². The number of rotatable bonds is 7. The first kappa shape index (κ1) is 25.0. The van der Waals surface area contributed by atoms with Crippen LogP contribution in [0.2, 0.25) is 10.0 Å². The number of hydrogen-bond donors (Lipinski definition) is 0. The smallest absolute Gasteiger partial charge is 0.127 e. The van der Waals surface area contributed by atoms with E-state index in [4.69, 9.17) is 32.9 Å². The Morgan fingerprint density at radius 1 is 0.861 bits per heavy atom. The van der Waals surface area contributed by atoms with Crippen molar-refractivity contribution in [3.8, 4) is 5.75 Å². The Morgan fingerprint density at radius 3 is 2.42 bits per heavy atom. The fraction of sp³-hybridized carbons (Fsp3) is 0.321. The molecule has 3 aromatic carbocycles. The Labute approximate surface area is 221 Å². The van der Waals surface area contributed by atoms with Crippen LogP contribution in [0.25, 0.3) is 11.0 Å². The van der Waals surface area contributed by atoms with Crippen LogP contribution in [0.3, 0.4) is 0 Å². The predicted molar refractivity (Wildman–Crippen MR) is 143 cm³/mol. The first-order chi connectivity index (χ1) is 17.5. The van der Waals surface area contributed by atoms with Gasteiger partial charge < -0.3 is 9.30 Å². The number of para-hydroxylation sites is 2. The van der Waals surface area contributed by atoms with Gasteiger partial charge in [-0.15, -0.1) is 0 Å². The van der Waals surface area contributed by atoms with E-state index in [0.29, 0.717) is 34.4 Å². The molecule has 36 heavy (non-hydrogen) atoms. The van der Waals surface area contributed by atoms with Crippen molar-refractivity contribution < 1.29 is 9.13 Å². The number of halogens is 3. The van der Waals surface area contributed by atoms with Gasteiger partial charge in [0.15, 0.2) is 0 Å². The molecule has 2 heterocycles. The van der Waals surface area contributed by atoms with E-state index in [-0.39, 0.29) is 5.82 Å². The molecular weight excluding hydrogens is 498 g/mol. The molecule has 1 saturated heterocycles. The lowest BCUT2D eigenvalue weighted by atomic mass is 10.2. The first-order valence-electron chi connectivity index (χ1n) is 12.2. The van der Waals surface area contributed by atoms with Crippen molar-refractivity contribution in [3.63, 3.8) is 0 Å². The van der Waals surface area contributed by atoms with Gasteiger partial charge in [0.25, 0.3) is 0 Å². The maximum absolute atomic E-state index is 14.4. The fourth-order valence-electron chi connectivity index (χ4n) is 4.82. The molecule has 0 amide bonds. The third-order valence-electron chi connectivity index (χ3n) is 6.77. The van der Waals surface area contributed by atoms with Gasteiger partial charge in [-0.05, 0) is 67.5 Å². The Morgan fingerprint density at radius 2 is 1.64 bits per heavy atom. The average Bonchev–Trinajstić information content (AvgIpc) is 3.05. The molecule has 8 heteroatoms. The van der Waals surface area contributed by atoms with Crippen LogP contribution in [0, 0.1) is 5.82 Å². The summed E-state index contributed by atoms with van der Waals surface area (Å²) in [7, 11) is 1.61. The molecule has 5 rings (SSSR count). The summed E-state index contributed by atoms with van der Waals surface area (Å²) in [4.78, 5) is 9.72. The van der Waals surface area contributed by atoms with Crippen molar-refractivity contribution in [2.24, 2.45) is 0 Å². The lowest BCUT2D eigenvalue weighted by Gasteiger charge is -2.22. The van der Waals surface area contributed by atoms with Crippen molar-refractivity contribution in [1.29, 1.82) is 0 Å². The van der Waals surface area contributed by atoms with E-state index in [1.54, 1.807) is 25.3 Å². The summed E-state index contributed by atoms with van der Waals surface area (Å²) in [6.45, 7) is 5.56. The number of imidazole rings is 1. The quantitative estimate of drug-likeness (QED) is 0.285. The normalized spacial score (nSPS) is 15.3. The number of hydrogen-bond acceptors (Lipinski definition) is 4. The van der Waals surface area contributed by atoms with Gasteiger partial charge in [-0.1, -0.05) is 41.4 Å². The highest BCUT2D eigenvalue weighted by Crippen LogP contribution is 2.26. The maximum Gasteiger partial charge on any atom is 0.127 e. The molecule has 0 saturated carbocycles. The van der Waals surface area contributed by atoms with Crippen molar-refractivity contribution in [1.82, 2.24) is 19.4 Å². The number of aromatic nitrogens is 2. The van der Waals surface area contributed by atoms with E-state index in [2.05, 4.69) is 20.4 Å². The molecule has 0 bridgehead atoms. The minimum absolute atomic E-state index is 0.188. The lowest BCUT2D eigenvalue weighted by molar-refractivity contribution is 0.240. The Bertz CT molecular complexity index is 1360. The second-order valence-corrected chi connectivity index (χ2v) is 10.0. The summed E-state index contributed by atoms with van der Waals surface area (Å²) in [5.41, 5.74) is 3.74. The molecule has 1 aromatic heterocycles. The molecule has 0 aliphatic carbocycles. The number of nitrogens with zero attached hydrogens (tertiary/aromatic N) is 4. The number of ether oxygens (including phenoxy) is 1. The van der Waals surface area contributed by atoms with Crippen molar-refractivity contribution in [2.45, 2.75) is 26.1 Å². The van der Waals surface area contributed by atoms with Crippen LogP contribution >= 0.6 is 23.2 Å². The zero-order chi connectivity index (χ0) is 25.1. The third kappa shape index (κ3) is 5.68. The topological polar surface area (TPSA) is 33.5 Å². The second kappa shape index (κ2) is 11.2. The SMILES string of the molecule is COc1ccc(F)c(CN2CCCN(Cc3nc4ccccc4n3Cc3ccc(Cl)cc3Cl)CC2)c1. The number of methoxy groups -OCH3 is 1. The molecule has 188 valence electrons. The van der Waals surface area contributed by atoms with Gasteiger partial charge in [-0.3, -0.25) is 9.80 Å². The van der Waals surface area contributed by atoms with Gasteiger partial charge in [-0.25, -0.2) is 9.37 Å². The summed E-state index contributed by atoms with van der Waals surface area (Å²) in [6.07, 6.45) is 1.01. The minimum atomic E-state index is -0.188. The number of benzene rings is 3. The lowest BCUT2D eigenvalue weighted by Crippen LogP contribution is -2.31. The summed E-state index contributed by atoms with van der Waals surface area (Å²) in [6, 6.07) is 18.8. The van der Waals surface area contributed by atoms with Gasteiger partial charge in [0.1, 0.15) is 17.4 Å². The Kier molecular flexibility index (Phi) is 7.77. The predicted octanol–water partition coefficient (Wildman–Crippen LogP) is 6.25.